The quantitative estimate of drug-likeness (QED) is 0.719. The molecule has 2 amide bonds. The van der Waals surface area contributed by atoms with Gasteiger partial charge >= 0.3 is 0 Å². The SMILES string of the molecule is Cc1ccc(C(=O)NC2CC2)cc1NC(=O)CCc1c(C)nn(CCC#N)c1C. The van der Waals surface area contributed by atoms with Gasteiger partial charge in [-0.1, -0.05) is 6.07 Å². The van der Waals surface area contributed by atoms with Crippen molar-refractivity contribution < 1.29 is 9.59 Å². The summed E-state index contributed by atoms with van der Waals surface area (Å²) in [5.74, 6) is -0.199. The molecule has 3 rings (SSSR count). The molecule has 2 aromatic rings. The van der Waals surface area contributed by atoms with Gasteiger partial charge in [0.25, 0.3) is 5.91 Å². The van der Waals surface area contributed by atoms with E-state index in [2.05, 4.69) is 21.8 Å². The lowest BCUT2D eigenvalue weighted by molar-refractivity contribution is -0.116. The zero-order valence-electron chi connectivity index (χ0n) is 17.2. The highest BCUT2D eigenvalue weighted by atomic mass is 16.2. The summed E-state index contributed by atoms with van der Waals surface area (Å²) in [6.07, 6.45) is 3.38. The molecule has 152 valence electrons. The largest absolute Gasteiger partial charge is 0.349 e. The zero-order valence-corrected chi connectivity index (χ0v) is 17.2. The third kappa shape index (κ3) is 5.23. The first kappa shape index (κ1) is 20.6. The topological polar surface area (TPSA) is 99.8 Å². The normalized spacial score (nSPS) is 13.0. The number of anilines is 1. The first-order valence-electron chi connectivity index (χ1n) is 10.00. The second-order valence-corrected chi connectivity index (χ2v) is 7.61. The van der Waals surface area contributed by atoms with E-state index >= 15 is 0 Å². The highest BCUT2D eigenvalue weighted by molar-refractivity contribution is 5.98. The van der Waals surface area contributed by atoms with Gasteiger partial charge in [0.05, 0.1) is 24.7 Å². The minimum atomic E-state index is -0.101. The molecule has 7 nitrogen and oxygen atoms in total. The van der Waals surface area contributed by atoms with Crippen molar-refractivity contribution in [2.75, 3.05) is 5.32 Å². The number of hydrogen-bond donors (Lipinski definition) is 2. The molecule has 7 heteroatoms. The first-order valence-corrected chi connectivity index (χ1v) is 10.00. The fourth-order valence-corrected chi connectivity index (χ4v) is 3.31. The molecule has 0 unspecified atom stereocenters. The molecule has 29 heavy (non-hydrogen) atoms. The molecular weight excluding hydrogens is 366 g/mol. The summed E-state index contributed by atoms with van der Waals surface area (Å²) in [6.45, 7) is 6.36. The van der Waals surface area contributed by atoms with Crippen LogP contribution in [0.1, 0.15) is 58.6 Å². The molecule has 1 aromatic heterocycles. The standard InChI is InChI=1S/C22H27N5O2/c1-14-5-6-17(22(29)24-18-7-8-18)13-20(14)25-21(28)10-9-19-15(2)26-27(16(19)3)12-4-11-23/h5-6,13,18H,4,7-10,12H2,1-3H3,(H,24,29)(H,25,28). The number of nitrogens with zero attached hydrogens (tertiary/aromatic N) is 3. The number of rotatable bonds is 8. The average molecular weight is 393 g/mol. The highest BCUT2D eigenvalue weighted by Gasteiger charge is 2.24. The lowest BCUT2D eigenvalue weighted by Crippen LogP contribution is -2.25. The van der Waals surface area contributed by atoms with E-state index in [1.165, 1.54) is 0 Å². The highest BCUT2D eigenvalue weighted by Crippen LogP contribution is 2.22. The van der Waals surface area contributed by atoms with Gasteiger partial charge in [-0.05, 0) is 63.3 Å². The maximum Gasteiger partial charge on any atom is 0.251 e. The molecule has 1 saturated carbocycles. The van der Waals surface area contributed by atoms with E-state index in [0.717, 1.165) is 35.4 Å². The van der Waals surface area contributed by atoms with Gasteiger partial charge in [-0.3, -0.25) is 14.3 Å². The Balaban J connectivity index is 1.62. The van der Waals surface area contributed by atoms with Crippen LogP contribution in [-0.2, 0) is 17.8 Å². The van der Waals surface area contributed by atoms with E-state index in [-0.39, 0.29) is 11.8 Å². The number of amides is 2. The Morgan fingerprint density at radius 3 is 2.72 bits per heavy atom. The Morgan fingerprint density at radius 2 is 2.03 bits per heavy atom. The minimum Gasteiger partial charge on any atom is -0.349 e. The molecule has 1 fully saturated rings. The number of nitrogens with one attached hydrogen (secondary N) is 2. The number of carbonyl (C=O) groups is 2. The van der Waals surface area contributed by atoms with Crippen LogP contribution in [0.2, 0.25) is 0 Å². The summed E-state index contributed by atoms with van der Waals surface area (Å²) < 4.78 is 1.83. The number of aryl methyl sites for hydroxylation is 3. The monoisotopic (exact) mass is 393 g/mol. The van der Waals surface area contributed by atoms with Gasteiger partial charge < -0.3 is 10.6 Å². The summed E-state index contributed by atoms with van der Waals surface area (Å²) in [5, 5.41) is 19.1. The maximum atomic E-state index is 12.5. The summed E-state index contributed by atoms with van der Waals surface area (Å²) in [6, 6.07) is 7.79. The fourth-order valence-electron chi connectivity index (χ4n) is 3.31. The van der Waals surface area contributed by atoms with Crippen LogP contribution in [0.25, 0.3) is 0 Å². The predicted molar refractivity (Wildman–Crippen MR) is 111 cm³/mol. The lowest BCUT2D eigenvalue weighted by atomic mass is 10.1. The van der Waals surface area contributed by atoms with Gasteiger partial charge in [0.2, 0.25) is 5.91 Å². The third-order valence-corrected chi connectivity index (χ3v) is 5.26. The van der Waals surface area contributed by atoms with Crippen LogP contribution >= 0.6 is 0 Å². The molecule has 0 bridgehead atoms. The Morgan fingerprint density at radius 1 is 1.28 bits per heavy atom. The van der Waals surface area contributed by atoms with Gasteiger partial charge in [-0.25, -0.2) is 0 Å². The van der Waals surface area contributed by atoms with Crippen molar-refractivity contribution in [1.82, 2.24) is 15.1 Å². The minimum absolute atomic E-state index is 0.0981. The van der Waals surface area contributed by atoms with Crippen LogP contribution in [0.5, 0.6) is 0 Å². The van der Waals surface area contributed by atoms with E-state index in [1.807, 2.05) is 31.5 Å². The van der Waals surface area contributed by atoms with Crippen molar-refractivity contribution >= 4 is 17.5 Å². The molecular formula is C22H27N5O2. The van der Waals surface area contributed by atoms with E-state index in [1.54, 1.807) is 12.1 Å². The van der Waals surface area contributed by atoms with Gasteiger partial charge in [0.15, 0.2) is 0 Å². The molecule has 1 aliphatic rings. The summed E-state index contributed by atoms with van der Waals surface area (Å²) in [4.78, 5) is 24.8. The number of nitriles is 1. The van der Waals surface area contributed by atoms with E-state index in [0.29, 0.717) is 43.1 Å². The molecule has 2 N–H and O–H groups in total. The summed E-state index contributed by atoms with van der Waals surface area (Å²) in [5.41, 5.74) is 5.08. The van der Waals surface area contributed by atoms with Crippen LogP contribution < -0.4 is 10.6 Å². The van der Waals surface area contributed by atoms with E-state index in [9.17, 15) is 9.59 Å². The van der Waals surface area contributed by atoms with E-state index in [4.69, 9.17) is 5.26 Å². The second kappa shape index (κ2) is 8.91. The second-order valence-electron chi connectivity index (χ2n) is 7.61. The summed E-state index contributed by atoms with van der Waals surface area (Å²) in [7, 11) is 0. The molecule has 0 aliphatic heterocycles. The van der Waals surface area contributed by atoms with Gasteiger partial charge in [0.1, 0.15) is 0 Å². The average Bonchev–Trinajstić information content (AvgIpc) is 3.45. The number of benzene rings is 1. The van der Waals surface area contributed by atoms with Crippen LogP contribution in [0.4, 0.5) is 5.69 Å². The molecule has 0 radical (unpaired) electrons. The molecule has 0 spiro atoms. The zero-order chi connectivity index (χ0) is 21.0. The third-order valence-electron chi connectivity index (χ3n) is 5.26. The van der Waals surface area contributed by atoms with Crippen LogP contribution in [0, 0.1) is 32.1 Å². The summed E-state index contributed by atoms with van der Waals surface area (Å²) >= 11 is 0. The first-order chi connectivity index (χ1) is 13.9. The number of hydrogen-bond acceptors (Lipinski definition) is 4. The smallest absolute Gasteiger partial charge is 0.251 e. The number of aromatic nitrogens is 2. The van der Waals surface area contributed by atoms with Crippen LogP contribution in [0.3, 0.4) is 0 Å². The maximum absolute atomic E-state index is 12.5. The Bertz CT molecular complexity index is 966. The van der Waals surface area contributed by atoms with Crippen molar-refractivity contribution in [3.63, 3.8) is 0 Å². The molecule has 1 aromatic carbocycles. The molecule has 1 aliphatic carbocycles. The van der Waals surface area contributed by atoms with Crippen molar-refractivity contribution in [2.45, 2.75) is 65.5 Å². The van der Waals surface area contributed by atoms with E-state index < -0.39 is 0 Å². The van der Waals surface area contributed by atoms with Crippen molar-refractivity contribution in [2.24, 2.45) is 0 Å². The van der Waals surface area contributed by atoms with Crippen LogP contribution in [0.15, 0.2) is 18.2 Å². The lowest BCUT2D eigenvalue weighted by Gasteiger charge is -2.11. The predicted octanol–water partition coefficient (Wildman–Crippen LogP) is 3.19. The van der Waals surface area contributed by atoms with Gasteiger partial charge in [-0.2, -0.15) is 10.4 Å². The Hall–Kier alpha value is -3.14. The molecule has 0 saturated heterocycles. The Labute approximate surface area is 171 Å². The number of carbonyl (C=O) groups excluding carboxylic acids is 2. The van der Waals surface area contributed by atoms with Crippen molar-refractivity contribution in [1.29, 1.82) is 5.26 Å². The molecule has 0 atom stereocenters. The molecule has 1 heterocycles. The Kier molecular flexibility index (Phi) is 6.32. The fraction of sp³-hybridized carbons (Fsp3) is 0.455. The van der Waals surface area contributed by atoms with Crippen molar-refractivity contribution in [3.8, 4) is 6.07 Å². The van der Waals surface area contributed by atoms with Crippen molar-refractivity contribution in [3.05, 3.63) is 46.3 Å². The van der Waals surface area contributed by atoms with Gasteiger partial charge in [0, 0.05) is 29.4 Å². The van der Waals surface area contributed by atoms with Crippen LogP contribution in [-0.4, -0.2) is 27.6 Å². The van der Waals surface area contributed by atoms with Gasteiger partial charge in [-0.15, -0.1) is 0 Å².